The molecule has 9 nitrogen and oxygen atoms in total. The number of phenolic OH excluding ortho intramolecular Hbond substituents is 1. The summed E-state index contributed by atoms with van der Waals surface area (Å²) < 4.78 is 7.75. The number of carbonyl (C=O) groups excluding carboxylic acids is 1. The molecule has 0 bridgehead atoms. The Labute approximate surface area is 197 Å². The van der Waals surface area contributed by atoms with Crippen LogP contribution in [0.5, 0.6) is 5.75 Å². The lowest BCUT2D eigenvalue weighted by Crippen LogP contribution is -2.32. The number of nitrogens with two attached hydrogens (primary N) is 1. The molecule has 1 saturated heterocycles. The molecule has 33 heavy (non-hydrogen) atoms. The Morgan fingerprint density at radius 2 is 2.09 bits per heavy atom. The smallest absolute Gasteiger partial charge is 0.257 e. The predicted molar refractivity (Wildman–Crippen MR) is 130 cm³/mol. The number of para-hydroxylation sites is 2. The lowest BCUT2D eigenvalue weighted by atomic mass is 10.2. The highest BCUT2D eigenvalue weighted by Crippen LogP contribution is 2.28. The summed E-state index contributed by atoms with van der Waals surface area (Å²) in [6.45, 7) is 1.09. The Hall–Kier alpha value is -3.50. The average Bonchev–Trinajstić information content (AvgIpc) is 3.42. The van der Waals surface area contributed by atoms with E-state index >= 15 is 0 Å². The highest BCUT2D eigenvalue weighted by molar-refractivity contribution is 9.10. The van der Waals surface area contributed by atoms with Crippen molar-refractivity contribution in [2.24, 2.45) is 5.10 Å². The van der Waals surface area contributed by atoms with E-state index in [1.54, 1.807) is 18.2 Å². The number of fused-ring (bicyclic) bond motifs is 2. The fourth-order valence-corrected chi connectivity index (χ4v) is 4.22. The van der Waals surface area contributed by atoms with E-state index in [2.05, 4.69) is 36.3 Å². The zero-order valence-electron chi connectivity index (χ0n) is 17.5. The van der Waals surface area contributed by atoms with Gasteiger partial charge in [0.25, 0.3) is 5.91 Å². The maximum Gasteiger partial charge on any atom is 0.257 e. The van der Waals surface area contributed by atoms with Crippen molar-refractivity contribution in [1.82, 2.24) is 20.0 Å². The number of amides is 1. The second kappa shape index (κ2) is 8.80. The fraction of sp³-hybridized carbons (Fsp3) is 0.217. The predicted octanol–water partition coefficient (Wildman–Crippen LogP) is 3.43. The molecule has 1 amide bonds. The van der Waals surface area contributed by atoms with Crippen molar-refractivity contribution in [3.63, 3.8) is 0 Å². The van der Waals surface area contributed by atoms with E-state index in [4.69, 9.17) is 10.5 Å². The quantitative estimate of drug-likeness (QED) is 0.354. The van der Waals surface area contributed by atoms with Crippen molar-refractivity contribution in [3.05, 3.63) is 58.1 Å². The average molecular weight is 509 g/mol. The van der Waals surface area contributed by atoms with Crippen molar-refractivity contribution < 1.29 is 14.6 Å². The summed E-state index contributed by atoms with van der Waals surface area (Å²) in [6.07, 6.45) is 3.34. The van der Waals surface area contributed by atoms with Crippen molar-refractivity contribution in [2.45, 2.75) is 18.9 Å². The Morgan fingerprint density at radius 1 is 1.30 bits per heavy atom. The minimum absolute atomic E-state index is 0.00652. The third-order valence-electron chi connectivity index (χ3n) is 5.52. The van der Waals surface area contributed by atoms with Crippen molar-refractivity contribution >= 4 is 56.1 Å². The molecule has 1 atom stereocenters. The van der Waals surface area contributed by atoms with E-state index in [0.29, 0.717) is 40.9 Å². The van der Waals surface area contributed by atoms with Gasteiger partial charge in [-0.15, -0.1) is 0 Å². The molecule has 3 heterocycles. The molecule has 0 aliphatic carbocycles. The van der Waals surface area contributed by atoms with Gasteiger partial charge in [-0.1, -0.05) is 28.1 Å². The van der Waals surface area contributed by atoms with Gasteiger partial charge in [0.2, 0.25) is 0 Å². The summed E-state index contributed by atoms with van der Waals surface area (Å²) in [5.74, 6) is -0.198. The number of hydrogen-bond acceptors (Lipinski definition) is 7. The summed E-state index contributed by atoms with van der Waals surface area (Å²) >= 11 is 3.38. The SMILES string of the molecule is Nc1c(C(=O)NC[C@H]2CCCO2)c2nc3ccccc3nc2n1/N=C\c1cc(Br)ccc1O. The molecule has 4 N–H and O–H groups in total. The topological polar surface area (TPSA) is 128 Å². The van der Waals surface area contributed by atoms with E-state index < -0.39 is 0 Å². The van der Waals surface area contributed by atoms with Crippen molar-refractivity contribution in [1.29, 1.82) is 0 Å². The van der Waals surface area contributed by atoms with E-state index in [1.807, 2.05) is 24.3 Å². The molecule has 0 unspecified atom stereocenters. The van der Waals surface area contributed by atoms with Gasteiger partial charge in [-0.05, 0) is 43.2 Å². The van der Waals surface area contributed by atoms with E-state index in [-0.39, 0.29) is 29.1 Å². The number of aromatic hydroxyl groups is 1. The summed E-state index contributed by atoms with van der Waals surface area (Å²) in [6, 6.07) is 12.4. The number of aromatic nitrogens is 3. The van der Waals surface area contributed by atoms with Gasteiger partial charge in [-0.3, -0.25) is 4.79 Å². The van der Waals surface area contributed by atoms with Crippen molar-refractivity contribution in [3.8, 4) is 5.75 Å². The van der Waals surface area contributed by atoms with Crippen LogP contribution in [-0.4, -0.2) is 51.1 Å². The second-order valence-electron chi connectivity index (χ2n) is 7.75. The number of ether oxygens (including phenoxy) is 1. The molecule has 1 aliphatic heterocycles. The fourth-order valence-electron chi connectivity index (χ4n) is 3.84. The summed E-state index contributed by atoms with van der Waals surface area (Å²) in [4.78, 5) is 22.5. The Bertz CT molecular complexity index is 1390. The molecular formula is C23H21BrN6O3. The number of nitrogens with one attached hydrogen (secondary N) is 1. The van der Waals surface area contributed by atoms with Crippen LogP contribution in [0.15, 0.2) is 52.0 Å². The molecule has 4 aromatic rings. The number of anilines is 1. The first-order chi connectivity index (χ1) is 16.0. The van der Waals surface area contributed by atoms with Gasteiger partial charge in [-0.25, -0.2) is 9.97 Å². The lowest BCUT2D eigenvalue weighted by molar-refractivity contribution is 0.0859. The Balaban J connectivity index is 1.60. The minimum Gasteiger partial charge on any atom is -0.507 e. The number of nitrogen functional groups attached to an aromatic ring is 1. The molecule has 168 valence electrons. The van der Waals surface area contributed by atoms with Gasteiger partial charge in [0.05, 0.1) is 23.4 Å². The molecule has 0 spiro atoms. The van der Waals surface area contributed by atoms with Gasteiger partial charge >= 0.3 is 0 Å². The zero-order chi connectivity index (χ0) is 22.9. The number of halogens is 1. The number of nitrogens with zero attached hydrogens (tertiary/aromatic N) is 4. The van der Waals surface area contributed by atoms with Crippen LogP contribution in [0.25, 0.3) is 22.2 Å². The van der Waals surface area contributed by atoms with Crippen LogP contribution in [0.3, 0.4) is 0 Å². The molecule has 0 saturated carbocycles. The molecule has 0 radical (unpaired) electrons. The number of phenols is 1. The van der Waals surface area contributed by atoms with Gasteiger partial charge in [0.1, 0.15) is 22.6 Å². The molecule has 2 aromatic carbocycles. The van der Waals surface area contributed by atoms with Crippen LogP contribution in [-0.2, 0) is 4.74 Å². The lowest BCUT2D eigenvalue weighted by Gasteiger charge is -2.10. The van der Waals surface area contributed by atoms with Crippen LogP contribution in [0.2, 0.25) is 0 Å². The third-order valence-corrected chi connectivity index (χ3v) is 6.01. The summed E-state index contributed by atoms with van der Waals surface area (Å²) in [7, 11) is 0. The van der Waals surface area contributed by atoms with Gasteiger partial charge in [-0.2, -0.15) is 9.78 Å². The van der Waals surface area contributed by atoms with Gasteiger partial charge < -0.3 is 20.9 Å². The molecular weight excluding hydrogens is 488 g/mol. The van der Waals surface area contributed by atoms with Gasteiger partial charge in [0.15, 0.2) is 5.65 Å². The molecule has 2 aromatic heterocycles. The number of hydrogen-bond donors (Lipinski definition) is 3. The third kappa shape index (κ3) is 4.14. The highest BCUT2D eigenvalue weighted by atomic mass is 79.9. The van der Waals surface area contributed by atoms with Crippen LogP contribution in [0, 0.1) is 0 Å². The Morgan fingerprint density at radius 3 is 2.85 bits per heavy atom. The monoisotopic (exact) mass is 508 g/mol. The Kier molecular flexibility index (Phi) is 5.69. The molecule has 1 aliphatic rings. The summed E-state index contributed by atoms with van der Waals surface area (Å²) in [5, 5.41) is 17.5. The van der Waals surface area contributed by atoms with Gasteiger partial charge in [0, 0.05) is 23.2 Å². The van der Waals surface area contributed by atoms with E-state index in [0.717, 1.165) is 17.3 Å². The van der Waals surface area contributed by atoms with Crippen LogP contribution in [0.4, 0.5) is 5.82 Å². The first-order valence-electron chi connectivity index (χ1n) is 10.5. The number of carbonyl (C=O) groups is 1. The normalized spacial score (nSPS) is 16.2. The van der Waals surface area contributed by atoms with Crippen LogP contribution in [0.1, 0.15) is 28.8 Å². The van der Waals surface area contributed by atoms with Crippen molar-refractivity contribution in [2.75, 3.05) is 18.9 Å². The zero-order valence-corrected chi connectivity index (χ0v) is 19.1. The minimum atomic E-state index is -0.364. The summed E-state index contributed by atoms with van der Waals surface area (Å²) in [5.41, 5.74) is 9.07. The van der Waals surface area contributed by atoms with E-state index in [1.165, 1.54) is 10.9 Å². The largest absolute Gasteiger partial charge is 0.507 e. The first-order valence-corrected chi connectivity index (χ1v) is 11.3. The number of rotatable bonds is 5. The first kappa shape index (κ1) is 21.4. The number of benzene rings is 2. The maximum atomic E-state index is 13.1. The molecule has 5 rings (SSSR count). The second-order valence-corrected chi connectivity index (χ2v) is 8.67. The maximum absolute atomic E-state index is 13.1. The standard InChI is InChI=1S/C23H21BrN6O3/c24-14-7-8-18(31)13(10-14)11-27-30-21(25)19(23(32)26-12-15-4-3-9-33-15)20-22(30)29-17-6-2-1-5-16(17)28-20/h1-2,5-8,10-11,15,31H,3-4,9,12,25H2,(H,26,32)/b27-11-/t15-/m1/s1. The highest BCUT2D eigenvalue weighted by Gasteiger charge is 2.25. The van der Waals surface area contributed by atoms with Crippen LogP contribution < -0.4 is 11.1 Å². The van der Waals surface area contributed by atoms with E-state index in [9.17, 15) is 9.90 Å². The van der Waals surface area contributed by atoms with Crippen LogP contribution >= 0.6 is 15.9 Å². The molecule has 1 fully saturated rings. The molecule has 10 heteroatoms.